The number of hydrogen-bond donors (Lipinski definition) is 1. The van der Waals surface area contributed by atoms with Crippen LogP contribution in [-0.4, -0.2) is 10.1 Å². The summed E-state index contributed by atoms with van der Waals surface area (Å²) in [7, 11) is 0. The van der Waals surface area contributed by atoms with E-state index in [2.05, 4.69) is 10.1 Å². The van der Waals surface area contributed by atoms with Gasteiger partial charge in [-0.05, 0) is 25.0 Å². The second kappa shape index (κ2) is 2.22. The quantitative estimate of drug-likeness (QED) is 0.716. The molecule has 66 valence electrons. The van der Waals surface area contributed by atoms with Crippen LogP contribution >= 0.6 is 0 Å². The Hall–Kier alpha value is -1.58. The highest BCUT2D eigenvalue weighted by molar-refractivity contribution is 5.84. The summed E-state index contributed by atoms with van der Waals surface area (Å²) in [4.78, 5) is 4.37. The number of fused-ring (bicyclic) bond motifs is 1. The summed E-state index contributed by atoms with van der Waals surface area (Å²) in [5, 5.41) is 4.59. The summed E-state index contributed by atoms with van der Waals surface area (Å²) >= 11 is 0. The number of nitrogens with two attached hydrogens (primary N) is 1. The van der Waals surface area contributed by atoms with Crippen LogP contribution in [0.25, 0.3) is 11.0 Å². The fraction of sp³-hybridized carbons (Fsp3) is 0.333. The van der Waals surface area contributed by atoms with Crippen molar-refractivity contribution in [3.05, 3.63) is 17.8 Å². The first-order valence-electron chi connectivity index (χ1n) is 4.36. The van der Waals surface area contributed by atoms with Crippen molar-refractivity contribution in [2.45, 2.75) is 18.8 Å². The maximum Gasteiger partial charge on any atom is 0.231 e. The lowest BCUT2D eigenvalue weighted by molar-refractivity contribution is 0.443. The average Bonchev–Trinajstić information content (AvgIpc) is 2.93. The standard InChI is InChI=1S/C9H9N3O/c10-8-6-3-4-7(5-1-2-5)11-9(6)12-13-8/h3-5H,1-2,10H2. The van der Waals surface area contributed by atoms with Gasteiger partial charge in [0.05, 0.1) is 5.39 Å². The van der Waals surface area contributed by atoms with Gasteiger partial charge in [-0.15, -0.1) is 0 Å². The molecule has 4 heteroatoms. The smallest absolute Gasteiger partial charge is 0.231 e. The second-order valence-corrected chi connectivity index (χ2v) is 3.43. The number of nitrogen functional groups attached to an aromatic ring is 1. The number of nitrogens with zero attached hydrogens (tertiary/aromatic N) is 2. The third-order valence-electron chi connectivity index (χ3n) is 2.39. The van der Waals surface area contributed by atoms with Crippen LogP contribution < -0.4 is 5.73 Å². The van der Waals surface area contributed by atoms with Crippen LogP contribution in [0.5, 0.6) is 0 Å². The summed E-state index contributed by atoms with van der Waals surface area (Å²) in [6, 6.07) is 3.94. The Bertz CT molecular complexity index is 459. The molecule has 0 unspecified atom stereocenters. The third kappa shape index (κ3) is 0.983. The van der Waals surface area contributed by atoms with Crippen LogP contribution in [0.15, 0.2) is 16.7 Å². The van der Waals surface area contributed by atoms with Crippen molar-refractivity contribution < 1.29 is 4.52 Å². The van der Waals surface area contributed by atoms with E-state index in [9.17, 15) is 0 Å². The van der Waals surface area contributed by atoms with Crippen LogP contribution in [0, 0.1) is 0 Å². The molecule has 1 aliphatic rings. The van der Waals surface area contributed by atoms with Crippen molar-refractivity contribution >= 4 is 16.9 Å². The SMILES string of the molecule is Nc1onc2nc(C3CC3)ccc12. The molecular weight excluding hydrogens is 166 g/mol. The van der Waals surface area contributed by atoms with Crippen molar-refractivity contribution in [3.8, 4) is 0 Å². The van der Waals surface area contributed by atoms with E-state index in [-0.39, 0.29) is 0 Å². The van der Waals surface area contributed by atoms with Crippen molar-refractivity contribution in [2.75, 3.05) is 5.73 Å². The van der Waals surface area contributed by atoms with Gasteiger partial charge in [0.1, 0.15) is 0 Å². The highest BCUT2D eigenvalue weighted by Gasteiger charge is 2.25. The van der Waals surface area contributed by atoms with E-state index < -0.39 is 0 Å². The van der Waals surface area contributed by atoms with Gasteiger partial charge in [-0.2, -0.15) is 0 Å². The van der Waals surface area contributed by atoms with Gasteiger partial charge in [-0.25, -0.2) is 4.98 Å². The van der Waals surface area contributed by atoms with Crippen molar-refractivity contribution in [1.82, 2.24) is 10.1 Å². The molecule has 2 heterocycles. The van der Waals surface area contributed by atoms with E-state index in [0.717, 1.165) is 11.1 Å². The van der Waals surface area contributed by atoms with Crippen LogP contribution in [-0.2, 0) is 0 Å². The van der Waals surface area contributed by atoms with Gasteiger partial charge in [-0.1, -0.05) is 5.16 Å². The molecule has 2 N–H and O–H groups in total. The fourth-order valence-electron chi connectivity index (χ4n) is 1.47. The topological polar surface area (TPSA) is 64.9 Å². The van der Waals surface area contributed by atoms with Gasteiger partial charge in [0, 0.05) is 11.6 Å². The largest absolute Gasteiger partial charge is 0.367 e. The van der Waals surface area contributed by atoms with Gasteiger partial charge >= 0.3 is 0 Å². The molecule has 13 heavy (non-hydrogen) atoms. The van der Waals surface area contributed by atoms with E-state index in [1.807, 2.05) is 12.1 Å². The lowest BCUT2D eigenvalue weighted by Crippen LogP contribution is -1.87. The zero-order chi connectivity index (χ0) is 8.84. The van der Waals surface area contributed by atoms with E-state index in [4.69, 9.17) is 10.3 Å². The predicted octanol–water partition coefficient (Wildman–Crippen LogP) is 1.68. The molecule has 0 amide bonds. The first-order valence-corrected chi connectivity index (χ1v) is 4.36. The monoisotopic (exact) mass is 175 g/mol. The molecule has 4 nitrogen and oxygen atoms in total. The Kier molecular flexibility index (Phi) is 1.17. The molecule has 2 aromatic rings. The Morgan fingerprint density at radius 2 is 2.23 bits per heavy atom. The summed E-state index contributed by atoms with van der Waals surface area (Å²) < 4.78 is 4.84. The van der Waals surface area contributed by atoms with E-state index in [1.54, 1.807) is 0 Å². The first kappa shape index (κ1) is 6.88. The van der Waals surface area contributed by atoms with Crippen LogP contribution in [0.1, 0.15) is 24.5 Å². The van der Waals surface area contributed by atoms with Gasteiger partial charge in [-0.3, -0.25) is 0 Å². The van der Waals surface area contributed by atoms with E-state index >= 15 is 0 Å². The molecule has 0 radical (unpaired) electrons. The zero-order valence-corrected chi connectivity index (χ0v) is 7.03. The number of hydrogen-bond acceptors (Lipinski definition) is 4. The molecule has 0 spiro atoms. The Morgan fingerprint density at radius 3 is 3.00 bits per heavy atom. The molecule has 2 aromatic heterocycles. The van der Waals surface area contributed by atoms with E-state index in [1.165, 1.54) is 12.8 Å². The maximum atomic E-state index is 5.55. The van der Waals surface area contributed by atoms with Gasteiger partial charge < -0.3 is 10.3 Å². The van der Waals surface area contributed by atoms with Gasteiger partial charge in [0.2, 0.25) is 11.5 Å². The normalized spacial score (nSPS) is 16.6. The average molecular weight is 175 g/mol. The minimum absolute atomic E-state index is 0.352. The number of anilines is 1. The summed E-state index contributed by atoms with van der Waals surface area (Å²) in [5.74, 6) is 0.993. The molecule has 0 aromatic carbocycles. The Balaban J connectivity index is 2.21. The van der Waals surface area contributed by atoms with Crippen LogP contribution in [0.2, 0.25) is 0 Å². The maximum absolute atomic E-state index is 5.55. The highest BCUT2D eigenvalue weighted by atomic mass is 16.5. The molecule has 0 bridgehead atoms. The number of rotatable bonds is 1. The Labute approximate surface area is 74.7 Å². The molecular formula is C9H9N3O. The molecule has 1 saturated carbocycles. The molecule has 1 fully saturated rings. The van der Waals surface area contributed by atoms with Gasteiger partial charge in [0.25, 0.3) is 0 Å². The Morgan fingerprint density at radius 1 is 1.38 bits per heavy atom. The number of aromatic nitrogens is 2. The minimum Gasteiger partial charge on any atom is -0.367 e. The minimum atomic E-state index is 0.352. The summed E-state index contributed by atoms with van der Waals surface area (Å²) in [6.07, 6.45) is 2.48. The molecule has 1 aliphatic carbocycles. The highest BCUT2D eigenvalue weighted by Crippen LogP contribution is 2.39. The molecule has 0 saturated heterocycles. The van der Waals surface area contributed by atoms with Crippen molar-refractivity contribution in [1.29, 1.82) is 0 Å². The number of pyridine rings is 1. The fourth-order valence-corrected chi connectivity index (χ4v) is 1.47. The van der Waals surface area contributed by atoms with Crippen LogP contribution in [0.4, 0.5) is 5.88 Å². The van der Waals surface area contributed by atoms with E-state index in [0.29, 0.717) is 17.4 Å². The first-order chi connectivity index (χ1) is 6.34. The zero-order valence-electron chi connectivity index (χ0n) is 7.03. The lowest BCUT2D eigenvalue weighted by Gasteiger charge is -1.94. The van der Waals surface area contributed by atoms with Gasteiger partial charge in [0.15, 0.2) is 0 Å². The van der Waals surface area contributed by atoms with Crippen LogP contribution in [0.3, 0.4) is 0 Å². The predicted molar refractivity (Wildman–Crippen MR) is 48.2 cm³/mol. The second-order valence-electron chi connectivity index (χ2n) is 3.43. The summed E-state index contributed by atoms with van der Waals surface area (Å²) in [6.45, 7) is 0. The summed E-state index contributed by atoms with van der Waals surface area (Å²) in [5.41, 5.74) is 7.29. The molecule has 3 rings (SSSR count). The lowest BCUT2D eigenvalue weighted by atomic mass is 10.2. The molecule has 0 atom stereocenters. The third-order valence-corrected chi connectivity index (χ3v) is 2.39. The van der Waals surface area contributed by atoms with Crippen molar-refractivity contribution in [2.24, 2.45) is 0 Å². The molecule has 0 aliphatic heterocycles. The van der Waals surface area contributed by atoms with Crippen molar-refractivity contribution in [3.63, 3.8) is 0 Å².